The second-order valence-electron chi connectivity index (χ2n) is 7.69. The molecule has 1 aliphatic rings. The molecule has 0 spiro atoms. The second kappa shape index (κ2) is 8.56. The summed E-state index contributed by atoms with van der Waals surface area (Å²) in [6, 6.07) is 4.05. The van der Waals surface area contributed by atoms with E-state index >= 15 is 0 Å². The van der Waals surface area contributed by atoms with Gasteiger partial charge in [0.25, 0.3) is 0 Å². The van der Waals surface area contributed by atoms with Crippen LogP contribution in [0.5, 0.6) is 0 Å². The van der Waals surface area contributed by atoms with Crippen molar-refractivity contribution in [3.63, 3.8) is 0 Å². The molecule has 136 valence electrons. The molecule has 5 heteroatoms. The smallest absolute Gasteiger partial charge is 0.410 e. The third kappa shape index (κ3) is 6.19. The summed E-state index contributed by atoms with van der Waals surface area (Å²) in [6.07, 6.45) is 6.23. The Bertz CT molecular complexity index is 485. The Labute approximate surface area is 145 Å². The molecule has 1 N–H and O–H groups in total. The van der Waals surface area contributed by atoms with Gasteiger partial charge in [0.2, 0.25) is 0 Å². The summed E-state index contributed by atoms with van der Waals surface area (Å²) in [4.78, 5) is 17.1. The van der Waals surface area contributed by atoms with Gasteiger partial charge in [-0.15, -0.1) is 0 Å². The summed E-state index contributed by atoms with van der Waals surface area (Å²) in [6.45, 7) is 10.2. The number of ether oxygens (including phenoxy) is 2. The zero-order valence-electron chi connectivity index (χ0n) is 15.5. The number of piperidine rings is 1. The van der Waals surface area contributed by atoms with Gasteiger partial charge in [-0.1, -0.05) is 0 Å². The largest absolute Gasteiger partial charge is 0.444 e. The van der Waals surface area contributed by atoms with Gasteiger partial charge in [0, 0.05) is 31.6 Å². The fourth-order valence-electron chi connectivity index (χ4n) is 3.05. The average Bonchev–Trinajstić information content (AvgIpc) is 3.04. The molecular weight excluding hydrogens is 304 g/mol. The number of aromatic nitrogens is 1. The summed E-state index contributed by atoms with van der Waals surface area (Å²) < 4.78 is 11.3. The Hall–Kier alpha value is -1.49. The van der Waals surface area contributed by atoms with Crippen LogP contribution >= 0.6 is 0 Å². The lowest BCUT2D eigenvalue weighted by molar-refractivity contribution is 0.0169. The van der Waals surface area contributed by atoms with Crippen LogP contribution in [0.2, 0.25) is 0 Å². The topological polar surface area (TPSA) is 54.6 Å². The van der Waals surface area contributed by atoms with Crippen molar-refractivity contribution >= 4 is 6.09 Å². The van der Waals surface area contributed by atoms with Gasteiger partial charge >= 0.3 is 6.09 Å². The standard InChI is InChI=1S/C19H32N2O3/c1-15(17-8-5-11-20-17)23-14-6-7-16-9-12-21(13-10-16)18(22)24-19(2,3)4/h5,8,11,15-16,20H,6-7,9-10,12-14H2,1-4H3/t15-/m0/s1. The van der Waals surface area contributed by atoms with Gasteiger partial charge in [0.05, 0.1) is 6.10 Å². The number of carbonyl (C=O) groups excluding carboxylic acids is 1. The van der Waals surface area contributed by atoms with Crippen LogP contribution in [0.1, 0.15) is 65.2 Å². The Balaban J connectivity index is 1.59. The predicted molar refractivity (Wildman–Crippen MR) is 94.9 cm³/mol. The van der Waals surface area contributed by atoms with E-state index < -0.39 is 5.60 Å². The third-order valence-corrected chi connectivity index (χ3v) is 4.45. The van der Waals surface area contributed by atoms with E-state index in [2.05, 4.69) is 18.0 Å². The lowest BCUT2D eigenvalue weighted by Crippen LogP contribution is -2.41. The molecular formula is C19H32N2O3. The highest BCUT2D eigenvalue weighted by atomic mass is 16.6. The lowest BCUT2D eigenvalue weighted by Gasteiger charge is -2.33. The first-order valence-corrected chi connectivity index (χ1v) is 9.08. The number of hydrogen-bond acceptors (Lipinski definition) is 3. The van der Waals surface area contributed by atoms with E-state index in [1.165, 1.54) is 6.42 Å². The number of rotatable bonds is 6. The van der Waals surface area contributed by atoms with Crippen LogP contribution in [0.25, 0.3) is 0 Å². The zero-order valence-corrected chi connectivity index (χ0v) is 15.5. The van der Waals surface area contributed by atoms with Crippen LogP contribution < -0.4 is 0 Å². The summed E-state index contributed by atoms with van der Waals surface area (Å²) in [5.41, 5.74) is 0.710. The Kier molecular flexibility index (Phi) is 6.72. The number of H-pyrrole nitrogens is 1. The van der Waals surface area contributed by atoms with Crippen molar-refractivity contribution in [1.29, 1.82) is 0 Å². The first-order valence-electron chi connectivity index (χ1n) is 9.08. The molecule has 24 heavy (non-hydrogen) atoms. The SMILES string of the molecule is C[C@H](OCCCC1CCN(C(=O)OC(C)(C)C)CC1)c1ccc[nH]1. The number of nitrogens with one attached hydrogen (secondary N) is 1. The summed E-state index contributed by atoms with van der Waals surface area (Å²) in [5, 5.41) is 0. The first-order chi connectivity index (χ1) is 11.3. The minimum absolute atomic E-state index is 0.119. The number of aromatic amines is 1. The monoisotopic (exact) mass is 336 g/mol. The molecule has 1 atom stereocenters. The summed E-state index contributed by atoms with van der Waals surface area (Å²) in [7, 11) is 0. The molecule has 0 aliphatic carbocycles. The van der Waals surface area contributed by atoms with Crippen LogP contribution in [0.4, 0.5) is 4.79 Å². The van der Waals surface area contributed by atoms with E-state index in [0.717, 1.165) is 44.7 Å². The molecule has 5 nitrogen and oxygen atoms in total. The van der Waals surface area contributed by atoms with Gasteiger partial charge in [0.15, 0.2) is 0 Å². The van der Waals surface area contributed by atoms with Gasteiger partial charge in [0.1, 0.15) is 5.60 Å². The molecule has 1 aromatic heterocycles. The summed E-state index contributed by atoms with van der Waals surface area (Å²) in [5.74, 6) is 0.688. The van der Waals surface area contributed by atoms with Gasteiger partial charge < -0.3 is 19.4 Å². The van der Waals surface area contributed by atoms with Crippen LogP contribution in [0.3, 0.4) is 0 Å². The van der Waals surface area contributed by atoms with Crippen LogP contribution in [-0.2, 0) is 9.47 Å². The molecule has 1 amide bonds. The molecule has 0 radical (unpaired) electrons. The van der Waals surface area contributed by atoms with Crippen molar-refractivity contribution in [3.05, 3.63) is 24.0 Å². The molecule has 2 rings (SSSR count). The van der Waals surface area contributed by atoms with Crippen molar-refractivity contribution in [2.24, 2.45) is 5.92 Å². The Morgan fingerprint density at radius 1 is 1.38 bits per heavy atom. The van der Waals surface area contributed by atoms with E-state index in [4.69, 9.17) is 9.47 Å². The Morgan fingerprint density at radius 3 is 2.67 bits per heavy atom. The molecule has 0 aromatic carbocycles. The average molecular weight is 336 g/mol. The van der Waals surface area contributed by atoms with E-state index in [1.807, 2.05) is 37.9 Å². The quantitative estimate of drug-likeness (QED) is 0.777. The lowest BCUT2D eigenvalue weighted by atomic mass is 9.92. The molecule has 0 unspecified atom stereocenters. The zero-order chi connectivity index (χ0) is 17.6. The van der Waals surface area contributed by atoms with Gasteiger partial charge in [-0.25, -0.2) is 4.79 Å². The predicted octanol–water partition coefficient (Wildman–Crippen LogP) is 4.52. The minimum Gasteiger partial charge on any atom is -0.444 e. The highest BCUT2D eigenvalue weighted by molar-refractivity contribution is 5.68. The highest BCUT2D eigenvalue weighted by Crippen LogP contribution is 2.24. The molecule has 1 aromatic rings. The normalized spacial score (nSPS) is 17.8. The molecule has 1 saturated heterocycles. The fourth-order valence-corrected chi connectivity index (χ4v) is 3.05. The third-order valence-electron chi connectivity index (χ3n) is 4.45. The van der Waals surface area contributed by atoms with E-state index in [0.29, 0.717) is 5.92 Å². The number of nitrogens with zero attached hydrogens (tertiary/aromatic N) is 1. The maximum atomic E-state index is 12.0. The minimum atomic E-state index is -0.416. The molecule has 2 heterocycles. The van der Waals surface area contributed by atoms with Gasteiger partial charge in [-0.2, -0.15) is 0 Å². The molecule has 0 saturated carbocycles. The number of amides is 1. The van der Waals surface area contributed by atoms with E-state index in [1.54, 1.807) is 0 Å². The van der Waals surface area contributed by atoms with Crippen LogP contribution in [-0.4, -0.2) is 41.3 Å². The van der Waals surface area contributed by atoms with Crippen molar-refractivity contribution in [2.45, 2.75) is 65.1 Å². The summed E-state index contributed by atoms with van der Waals surface area (Å²) >= 11 is 0. The van der Waals surface area contributed by atoms with Crippen molar-refractivity contribution in [1.82, 2.24) is 9.88 Å². The van der Waals surface area contributed by atoms with E-state index in [-0.39, 0.29) is 12.2 Å². The first kappa shape index (κ1) is 18.8. The van der Waals surface area contributed by atoms with Crippen molar-refractivity contribution < 1.29 is 14.3 Å². The maximum Gasteiger partial charge on any atom is 0.410 e. The Morgan fingerprint density at radius 2 is 2.08 bits per heavy atom. The van der Waals surface area contributed by atoms with Gasteiger partial charge in [-0.05, 0) is 71.4 Å². The van der Waals surface area contributed by atoms with Crippen molar-refractivity contribution in [3.8, 4) is 0 Å². The maximum absolute atomic E-state index is 12.0. The number of hydrogen-bond donors (Lipinski definition) is 1. The fraction of sp³-hybridized carbons (Fsp3) is 0.737. The van der Waals surface area contributed by atoms with E-state index in [9.17, 15) is 4.79 Å². The second-order valence-corrected chi connectivity index (χ2v) is 7.69. The molecule has 0 bridgehead atoms. The molecule has 1 fully saturated rings. The van der Waals surface area contributed by atoms with Crippen LogP contribution in [0.15, 0.2) is 18.3 Å². The van der Waals surface area contributed by atoms with Crippen molar-refractivity contribution in [2.75, 3.05) is 19.7 Å². The molecule has 1 aliphatic heterocycles. The number of carbonyl (C=O) groups is 1. The van der Waals surface area contributed by atoms with Crippen LogP contribution in [0, 0.1) is 5.92 Å². The number of likely N-dealkylation sites (tertiary alicyclic amines) is 1. The highest BCUT2D eigenvalue weighted by Gasteiger charge is 2.26. The van der Waals surface area contributed by atoms with Gasteiger partial charge in [-0.3, -0.25) is 0 Å².